The molecule has 0 bridgehead atoms. The molecule has 0 spiro atoms. The molecule has 0 aliphatic carbocycles. The SMILES string of the molecule is CCOc1ccc(NC(=O)CN(c2ccc(F)cc2)S(=O)(=O)N(C)C)cc1. The van der Waals surface area contributed by atoms with Gasteiger partial charge in [0.25, 0.3) is 0 Å². The number of hydrogen-bond acceptors (Lipinski definition) is 4. The van der Waals surface area contributed by atoms with E-state index in [1.165, 1.54) is 26.2 Å². The van der Waals surface area contributed by atoms with Crippen molar-refractivity contribution < 1.29 is 22.3 Å². The number of hydrogen-bond donors (Lipinski definition) is 1. The van der Waals surface area contributed by atoms with Gasteiger partial charge in [-0.1, -0.05) is 0 Å². The van der Waals surface area contributed by atoms with Crippen LogP contribution in [0.3, 0.4) is 0 Å². The van der Waals surface area contributed by atoms with Crippen molar-refractivity contribution in [3.8, 4) is 5.75 Å². The van der Waals surface area contributed by atoms with E-state index < -0.39 is 28.5 Å². The van der Waals surface area contributed by atoms with Crippen molar-refractivity contribution >= 4 is 27.5 Å². The lowest BCUT2D eigenvalue weighted by molar-refractivity contribution is -0.114. The zero-order chi connectivity index (χ0) is 20.0. The Morgan fingerprint density at radius 3 is 2.19 bits per heavy atom. The molecule has 2 aromatic rings. The topological polar surface area (TPSA) is 79.0 Å². The molecule has 146 valence electrons. The highest BCUT2D eigenvalue weighted by molar-refractivity contribution is 7.90. The van der Waals surface area contributed by atoms with E-state index in [1.807, 2.05) is 6.92 Å². The monoisotopic (exact) mass is 395 g/mol. The van der Waals surface area contributed by atoms with Gasteiger partial charge in [0.15, 0.2) is 0 Å². The lowest BCUT2D eigenvalue weighted by Crippen LogP contribution is -2.44. The average molecular weight is 395 g/mol. The Balaban J connectivity index is 2.19. The van der Waals surface area contributed by atoms with E-state index in [0.717, 1.165) is 20.7 Å². The molecule has 0 heterocycles. The molecule has 2 rings (SSSR count). The third-order valence-corrected chi connectivity index (χ3v) is 5.41. The lowest BCUT2D eigenvalue weighted by atomic mass is 10.3. The average Bonchev–Trinajstić information content (AvgIpc) is 2.62. The molecule has 0 radical (unpaired) electrons. The Hall–Kier alpha value is -2.65. The highest BCUT2D eigenvalue weighted by atomic mass is 32.2. The second kappa shape index (κ2) is 8.83. The van der Waals surface area contributed by atoms with E-state index in [0.29, 0.717) is 18.0 Å². The predicted octanol–water partition coefficient (Wildman–Crippen LogP) is 2.48. The Morgan fingerprint density at radius 2 is 1.67 bits per heavy atom. The lowest BCUT2D eigenvalue weighted by Gasteiger charge is -2.26. The minimum Gasteiger partial charge on any atom is -0.494 e. The first-order chi connectivity index (χ1) is 12.7. The van der Waals surface area contributed by atoms with Crippen molar-refractivity contribution in [2.24, 2.45) is 0 Å². The summed E-state index contributed by atoms with van der Waals surface area (Å²) in [6.07, 6.45) is 0. The number of carbonyl (C=O) groups is 1. The first-order valence-corrected chi connectivity index (χ1v) is 9.62. The van der Waals surface area contributed by atoms with Gasteiger partial charge in [-0.3, -0.25) is 4.79 Å². The van der Waals surface area contributed by atoms with Crippen molar-refractivity contribution in [2.45, 2.75) is 6.92 Å². The van der Waals surface area contributed by atoms with Gasteiger partial charge in [0.2, 0.25) is 5.91 Å². The van der Waals surface area contributed by atoms with Gasteiger partial charge in [-0.15, -0.1) is 0 Å². The van der Waals surface area contributed by atoms with E-state index in [9.17, 15) is 17.6 Å². The van der Waals surface area contributed by atoms with Crippen molar-refractivity contribution in [1.29, 1.82) is 0 Å². The molecule has 0 saturated carbocycles. The highest BCUT2D eigenvalue weighted by Crippen LogP contribution is 2.21. The van der Waals surface area contributed by atoms with Crippen LogP contribution in [-0.4, -0.2) is 45.9 Å². The molecule has 0 aliphatic heterocycles. The molecule has 1 amide bonds. The number of amides is 1. The maximum atomic E-state index is 13.2. The maximum Gasteiger partial charge on any atom is 0.304 e. The van der Waals surface area contributed by atoms with Gasteiger partial charge in [0.05, 0.1) is 12.3 Å². The fraction of sp³-hybridized carbons (Fsp3) is 0.278. The molecular weight excluding hydrogens is 373 g/mol. The van der Waals surface area contributed by atoms with Crippen LogP contribution in [0.2, 0.25) is 0 Å². The zero-order valence-corrected chi connectivity index (χ0v) is 16.2. The van der Waals surface area contributed by atoms with Crippen LogP contribution >= 0.6 is 0 Å². The van der Waals surface area contributed by atoms with Crippen molar-refractivity contribution in [1.82, 2.24) is 4.31 Å². The zero-order valence-electron chi connectivity index (χ0n) is 15.3. The second-order valence-corrected chi connectivity index (χ2v) is 7.85. The van der Waals surface area contributed by atoms with Crippen molar-refractivity contribution in [3.63, 3.8) is 0 Å². The van der Waals surface area contributed by atoms with Gasteiger partial charge >= 0.3 is 10.2 Å². The Labute approximate surface area is 158 Å². The molecule has 0 saturated heterocycles. The van der Waals surface area contributed by atoms with Crippen LogP contribution in [0.1, 0.15) is 6.92 Å². The predicted molar refractivity (Wildman–Crippen MR) is 103 cm³/mol. The van der Waals surface area contributed by atoms with Crippen molar-refractivity contribution in [2.75, 3.05) is 36.9 Å². The van der Waals surface area contributed by atoms with Gasteiger partial charge in [0, 0.05) is 19.8 Å². The summed E-state index contributed by atoms with van der Waals surface area (Å²) >= 11 is 0. The molecule has 2 aromatic carbocycles. The number of nitrogens with zero attached hydrogens (tertiary/aromatic N) is 2. The number of halogens is 1. The second-order valence-electron chi connectivity index (χ2n) is 5.78. The molecule has 0 fully saturated rings. The van der Waals surface area contributed by atoms with Crippen LogP contribution < -0.4 is 14.4 Å². The van der Waals surface area contributed by atoms with E-state index >= 15 is 0 Å². The minimum atomic E-state index is -3.94. The summed E-state index contributed by atoms with van der Waals surface area (Å²) in [4.78, 5) is 12.4. The Kier molecular flexibility index (Phi) is 6.75. The van der Waals surface area contributed by atoms with Crippen molar-refractivity contribution in [3.05, 3.63) is 54.3 Å². The largest absolute Gasteiger partial charge is 0.494 e. The van der Waals surface area contributed by atoms with Gasteiger partial charge in [-0.2, -0.15) is 12.7 Å². The summed E-state index contributed by atoms with van der Waals surface area (Å²) in [5.74, 6) is -0.368. The summed E-state index contributed by atoms with van der Waals surface area (Å²) in [5, 5.41) is 2.64. The van der Waals surface area contributed by atoms with Crippen LogP contribution in [0.4, 0.5) is 15.8 Å². The summed E-state index contributed by atoms with van der Waals surface area (Å²) in [6.45, 7) is 1.94. The molecule has 9 heteroatoms. The first-order valence-electron chi connectivity index (χ1n) is 8.22. The van der Waals surface area contributed by atoms with E-state index in [1.54, 1.807) is 24.3 Å². The summed E-state index contributed by atoms with van der Waals surface area (Å²) in [6, 6.07) is 11.6. The maximum absolute atomic E-state index is 13.2. The molecule has 7 nitrogen and oxygen atoms in total. The van der Waals surface area contributed by atoms with E-state index in [2.05, 4.69) is 5.32 Å². The van der Waals surface area contributed by atoms with Gasteiger partial charge in [-0.05, 0) is 55.5 Å². The van der Waals surface area contributed by atoms with E-state index in [4.69, 9.17) is 4.74 Å². The van der Waals surface area contributed by atoms with Crippen LogP contribution in [0.15, 0.2) is 48.5 Å². The molecule has 0 aromatic heterocycles. The summed E-state index contributed by atoms with van der Waals surface area (Å²) in [7, 11) is -1.23. The van der Waals surface area contributed by atoms with E-state index in [-0.39, 0.29) is 5.69 Å². The molecule has 0 unspecified atom stereocenters. The standard InChI is InChI=1S/C18H22FN3O4S/c1-4-26-17-11-7-15(8-12-17)20-18(23)13-22(27(24,25)21(2)3)16-9-5-14(19)6-10-16/h5-12H,4,13H2,1-3H3,(H,20,23). The fourth-order valence-corrected chi connectivity index (χ4v) is 3.31. The van der Waals surface area contributed by atoms with Crippen LogP contribution in [0.5, 0.6) is 5.75 Å². The number of rotatable bonds is 8. The first kappa shape index (κ1) is 20.7. The smallest absolute Gasteiger partial charge is 0.304 e. The van der Waals surface area contributed by atoms with Crippen LogP contribution in [-0.2, 0) is 15.0 Å². The quantitative estimate of drug-likeness (QED) is 0.745. The molecule has 27 heavy (non-hydrogen) atoms. The Morgan fingerprint density at radius 1 is 1.07 bits per heavy atom. The third kappa shape index (κ3) is 5.41. The molecule has 0 aliphatic rings. The highest BCUT2D eigenvalue weighted by Gasteiger charge is 2.27. The fourth-order valence-electron chi connectivity index (χ4n) is 2.24. The van der Waals surface area contributed by atoms with Gasteiger partial charge < -0.3 is 10.1 Å². The number of nitrogens with one attached hydrogen (secondary N) is 1. The van der Waals surface area contributed by atoms with Gasteiger partial charge in [0.1, 0.15) is 18.1 Å². The number of benzene rings is 2. The molecule has 1 N–H and O–H groups in total. The summed E-state index contributed by atoms with van der Waals surface area (Å²) < 4.78 is 45.6. The number of ether oxygens (including phenoxy) is 1. The Bertz CT molecular complexity index is 868. The normalized spacial score (nSPS) is 11.3. The summed E-state index contributed by atoms with van der Waals surface area (Å²) in [5.41, 5.74) is 0.691. The number of anilines is 2. The van der Waals surface area contributed by atoms with Crippen LogP contribution in [0.25, 0.3) is 0 Å². The molecular formula is C18H22FN3O4S. The third-order valence-electron chi connectivity index (χ3n) is 3.59. The molecule has 0 atom stereocenters. The minimum absolute atomic E-state index is 0.187. The number of carbonyl (C=O) groups excluding carboxylic acids is 1. The van der Waals surface area contributed by atoms with Crippen LogP contribution in [0, 0.1) is 5.82 Å². The van der Waals surface area contributed by atoms with Gasteiger partial charge in [-0.25, -0.2) is 8.70 Å².